The summed E-state index contributed by atoms with van der Waals surface area (Å²) in [7, 11) is 0. The maximum Gasteiger partial charge on any atom is 0.280 e. The molecule has 0 bridgehead atoms. The second-order valence-electron chi connectivity index (χ2n) is 4.87. The summed E-state index contributed by atoms with van der Waals surface area (Å²) in [4.78, 5) is 26.9. The van der Waals surface area contributed by atoms with E-state index in [0.29, 0.717) is 32.9 Å². The Morgan fingerprint density at radius 3 is 2.88 bits per heavy atom. The Labute approximate surface area is 151 Å². The Morgan fingerprint density at radius 2 is 2.12 bits per heavy atom. The SMILES string of the molecule is C=CCSC1=NC(=Cc2ccc(-c3ccccc3[N+](=O)[O-])o2)C(=O)S1. The minimum absolute atomic E-state index is 0.0373. The average Bonchev–Trinajstić information content (AvgIpc) is 3.20. The first-order valence-electron chi connectivity index (χ1n) is 7.18. The van der Waals surface area contributed by atoms with Crippen LogP contribution >= 0.6 is 23.5 Å². The molecule has 126 valence electrons. The molecule has 0 saturated carbocycles. The number of nitrogens with zero attached hydrogens (tertiary/aromatic N) is 2. The van der Waals surface area contributed by atoms with Crippen LogP contribution in [0.2, 0.25) is 0 Å². The van der Waals surface area contributed by atoms with Gasteiger partial charge in [-0.15, -0.1) is 6.58 Å². The third-order valence-electron chi connectivity index (χ3n) is 3.20. The zero-order valence-corrected chi connectivity index (χ0v) is 14.5. The fraction of sp³-hybridized carbons (Fsp3) is 0.0588. The fourth-order valence-electron chi connectivity index (χ4n) is 2.13. The quantitative estimate of drug-likeness (QED) is 0.326. The number of nitro groups is 1. The number of carbonyl (C=O) groups excluding carboxylic acids is 1. The van der Waals surface area contributed by atoms with E-state index in [2.05, 4.69) is 11.6 Å². The van der Waals surface area contributed by atoms with Crippen LogP contribution in [-0.4, -0.2) is 20.2 Å². The molecule has 2 aromatic rings. The van der Waals surface area contributed by atoms with Gasteiger partial charge < -0.3 is 4.42 Å². The second kappa shape index (κ2) is 7.54. The molecule has 0 spiro atoms. The van der Waals surface area contributed by atoms with Crippen molar-refractivity contribution < 1.29 is 14.1 Å². The maximum atomic E-state index is 12.0. The monoisotopic (exact) mass is 372 g/mol. The van der Waals surface area contributed by atoms with Crippen molar-refractivity contribution >= 4 is 44.8 Å². The van der Waals surface area contributed by atoms with E-state index in [9.17, 15) is 14.9 Å². The Bertz CT molecular complexity index is 915. The Morgan fingerprint density at radius 1 is 1.32 bits per heavy atom. The van der Waals surface area contributed by atoms with Gasteiger partial charge in [0, 0.05) is 17.9 Å². The van der Waals surface area contributed by atoms with E-state index in [4.69, 9.17) is 4.42 Å². The van der Waals surface area contributed by atoms with Crippen molar-refractivity contribution in [3.63, 3.8) is 0 Å². The number of benzene rings is 1. The van der Waals surface area contributed by atoms with Crippen LogP contribution < -0.4 is 0 Å². The summed E-state index contributed by atoms with van der Waals surface area (Å²) in [6.45, 7) is 3.63. The van der Waals surface area contributed by atoms with Gasteiger partial charge in [0.1, 0.15) is 21.6 Å². The van der Waals surface area contributed by atoms with E-state index in [1.54, 1.807) is 36.4 Å². The third-order valence-corrected chi connectivity index (χ3v) is 5.20. The van der Waals surface area contributed by atoms with Crippen molar-refractivity contribution in [2.24, 2.45) is 4.99 Å². The molecule has 8 heteroatoms. The van der Waals surface area contributed by atoms with Gasteiger partial charge in [-0.1, -0.05) is 30.0 Å². The number of furan rings is 1. The molecule has 0 saturated heterocycles. The lowest BCUT2D eigenvalue weighted by Crippen LogP contribution is -1.90. The largest absolute Gasteiger partial charge is 0.456 e. The van der Waals surface area contributed by atoms with Crippen molar-refractivity contribution in [2.75, 3.05) is 5.75 Å². The highest BCUT2D eigenvalue weighted by Gasteiger charge is 2.23. The van der Waals surface area contributed by atoms with E-state index in [1.807, 2.05) is 0 Å². The molecule has 2 heterocycles. The van der Waals surface area contributed by atoms with E-state index >= 15 is 0 Å². The number of nitro benzene ring substituents is 1. The standard InChI is InChI=1S/C17H12N2O4S2/c1-2-9-24-17-18-13(16(20)25-17)10-11-7-8-15(23-11)12-5-3-4-6-14(12)19(21)22/h2-8,10H,1,9H2. The van der Waals surface area contributed by atoms with Crippen LogP contribution in [0, 0.1) is 10.1 Å². The molecule has 6 nitrogen and oxygen atoms in total. The lowest BCUT2D eigenvalue weighted by atomic mass is 10.1. The molecule has 1 aliphatic rings. The van der Waals surface area contributed by atoms with Crippen molar-refractivity contribution in [1.29, 1.82) is 0 Å². The number of hydrogen-bond donors (Lipinski definition) is 0. The van der Waals surface area contributed by atoms with E-state index in [1.165, 1.54) is 23.9 Å². The first-order valence-corrected chi connectivity index (χ1v) is 8.98. The lowest BCUT2D eigenvalue weighted by molar-refractivity contribution is -0.384. The van der Waals surface area contributed by atoms with Crippen LogP contribution in [0.15, 0.2) is 64.2 Å². The molecular weight excluding hydrogens is 360 g/mol. The number of hydrogen-bond acceptors (Lipinski definition) is 7. The van der Waals surface area contributed by atoms with E-state index in [0.717, 1.165) is 11.8 Å². The predicted molar refractivity (Wildman–Crippen MR) is 101 cm³/mol. The highest BCUT2D eigenvalue weighted by atomic mass is 32.2. The molecule has 25 heavy (non-hydrogen) atoms. The summed E-state index contributed by atoms with van der Waals surface area (Å²) < 4.78 is 6.32. The van der Waals surface area contributed by atoms with Crippen LogP contribution in [0.4, 0.5) is 5.69 Å². The van der Waals surface area contributed by atoms with Crippen molar-refractivity contribution in [2.45, 2.75) is 0 Å². The molecule has 1 aromatic heterocycles. The summed E-state index contributed by atoms with van der Waals surface area (Å²) >= 11 is 2.51. The smallest absolute Gasteiger partial charge is 0.280 e. The number of aliphatic imine (C=N–C) groups is 1. The van der Waals surface area contributed by atoms with Gasteiger partial charge in [-0.3, -0.25) is 14.9 Å². The van der Waals surface area contributed by atoms with Crippen molar-refractivity contribution in [1.82, 2.24) is 0 Å². The molecule has 0 amide bonds. The molecule has 1 aliphatic heterocycles. The zero-order chi connectivity index (χ0) is 17.8. The van der Waals surface area contributed by atoms with Gasteiger partial charge in [-0.2, -0.15) is 0 Å². The Balaban J connectivity index is 1.88. The number of thioether (sulfide) groups is 2. The van der Waals surface area contributed by atoms with Crippen molar-refractivity contribution in [3.8, 4) is 11.3 Å². The van der Waals surface area contributed by atoms with E-state index < -0.39 is 4.92 Å². The van der Waals surface area contributed by atoms with Gasteiger partial charge >= 0.3 is 0 Å². The molecule has 0 fully saturated rings. The maximum absolute atomic E-state index is 12.0. The molecule has 0 atom stereocenters. The number of rotatable bonds is 5. The Hall–Kier alpha value is -2.58. The van der Waals surface area contributed by atoms with Gasteiger partial charge in [-0.25, -0.2) is 4.99 Å². The Kier molecular flexibility index (Phi) is 5.20. The first-order chi connectivity index (χ1) is 12.1. The fourth-order valence-corrected chi connectivity index (χ4v) is 3.73. The third kappa shape index (κ3) is 3.92. The van der Waals surface area contributed by atoms with E-state index in [-0.39, 0.29) is 10.8 Å². The molecule has 0 unspecified atom stereocenters. The second-order valence-corrected chi connectivity index (χ2v) is 7.10. The molecule has 3 rings (SSSR count). The molecule has 1 aromatic carbocycles. The summed E-state index contributed by atoms with van der Waals surface area (Å²) in [5, 5.41) is 11.0. The number of para-hydroxylation sites is 1. The molecular formula is C17H12N2O4S2. The van der Waals surface area contributed by atoms with Gasteiger partial charge in [0.25, 0.3) is 5.69 Å². The molecule has 0 N–H and O–H groups in total. The van der Waals surface area contributed by atoms with Crippen LogP contribution in [-0.2, 0) is 4.79 Å². The predicted octanol–water partition coefficient (Wildman–Crippen LogP) is 4.74. The topological polar surface area (TPSA) is 85.7 Å². The van der Waals surface area contributed by atoms with Gasteiger partial charge in [0.05, 0.1) is 10.5 Å². The highest BCUT2D eigenvalue weighted by Crippen LogP contribution is 2.34. The minimum Gasteiger partial charge on any atom is -0.456 e. The average molecular weight is 372 g/mol. The van der Waals surface area contributed by atoms with Crippen LogP contribution in [0.5, 0.6) is 0 Å². The van der Waals surface area contributed by atoms with Gasteiger partial charge in [0.2, 0.25) is 5.12 Å². The summed E-state index contributed by atoms with van der Waals surface area (Å²) in [6, 6.07) is 9.62. The summed E-state index contributed by atoms with van der Waals surface area (Å²) in [6.07, 6.45) is 3.28. The van der Waals surface area contributed by atoms with Crippen molar-refractivity contribution in [3.05, 3.63) is 70.6 Å². The van der Waals surface area contributed by atoms with Gasteiger partial charge in [0.15, 0.2) is 0 Å². The summed E-state index contributed by atoms with van der Waals surface area (Å²) in [5.74, 6) is 1.45. The van der Waals surface area contributed by atoms with Crippen LogP contribution in [0.1, 0.15) is 5.76 Å². The van der Waals surface area contributed by atoms with Crippen LogP contribution in [0.25, 0.3) is 17.4 Å². The minimum atomic E-state index is -0.458. The first kappa shape index (κ1) is 17.2. The van der Waals surface area contributed by atoms with Crippen LogP contribution in [0.3, 0.4) is 0 Å². The normalized spacial score (nSPS) is 15.4. The molecule has 0 aliphatic carbocycles. The highest BCUT2D eigenvalue weighted by molar-refractivity contribution is 8.45. The summed E-state index contributed by atoms with van der Waals surface area (Å²) in [5.41, 5.74) is 0.639. The number of carbonyl (C=O) groups is 1. The van der Waals surface area contributed by atoms with Gasteiger partial charge in [-0.05, 0) is 30.0 Å². The molecule has 0 radical (unpaired) electrons. The lowest BCUT2D eigenvalue weighted by Gasteiger charge is -1.98. The zero-order valence-electron chi connectivity index (χ0n) is 12.9.